The van der Waals surface area contributed by atoms with E-state index < -0.39 is 21.7 Å². The number of carbonyl (C=O) groups excluding carboxylic acids is 1. The van der Waals surface area contributed by atoms with E-state index in [1.165, 1.54) is 28.4 Å². The zero-order valence-corrected chi connectivity index (χ0v) is 19.2. The number of amides is 1. The summed E-state index contributed by atoms with van der Waals surface area (Å²) in [6.07, 6.45) is 1.75. The number of sulfonamides is 1. The van der Waals surface area contributed by atoms with Crippen molar-refractivity contribution in [2.75, 3.05) is 31.3 Å². The number of hydrogen-bond acceptors (Lipinski definition) is 5. The van der Waals surface area contributed by atoms with Crippen molar-refractivity contribution in [3.8, 4) is 0 Å². The third-order valence-corrected chi connectivity index (χ3v) is 7.55. The van der Waals surface area contributed by atoms with Crippen LogP contribution in [0.2, 0.25) is 4.34 Å². The molecule has 0 spiro atoms. The Morgan fingerprint density at radius 2 is 2.03 bits per heavy atom. The quantitative estimate of drug-likeness (QED) is 0.639. The van der Waals surface area contributed by atoms with Crippen LogP contribution in [-0.4, -0.2) is 45.6 Å². The molecule has 1 aliphatic heterocycles. The van der Waals surface area contributed by atoms with Gasteiger partial charge >= 0.3 is 0 Å². The van der Waals surface area contributed by atoms with E-state index in [4.69, 9.17) is 11.6 Å². The second kappa shape index (κ2) is 9.05. The maximum absolute atomic E-state index is 14.7. The second-order valence-corrected chi connectivity index (χ2v) is 10.9. The first-order valence-corrected chi connectivity index (χ1v) is 12.1. The van der Waals surface area contributed by atoms with Crippen molar-refractivity contribution in [1.29, 1.82) is 0 Å². The fourth-order valence-electron chi connectivity index (χ4n) is 3.03. The van der Waals surface area contributed by atoms with Gasteiger partial charge in [0.1, 0.15) is 11.5 Å². The standard InChI is InChI=1S/C20H23ClFN3O3S2/c1-13(24(2)3)14-4-6-18(16(22)12-14)25-10-8-17(20(25)26)23-30(27,28)11-9-15-5-7-19(21)29-15/h4-8,12-13,23H,9-11H2,1-3H3. The normalized spacial score (nSPS) is 15.6. The molecule has 0 radical (unpaired) electrons. The lowest BCUT2D eigenvalue weighted by Crippen LogP contribution is -2.35. The summed E-state index contributed by atoms with van der Waals surface area (Å²) >= 11 is 7.17. The molecule has 6 nitrogen and oxygen atoms in total. The van der Waals surface area contributed by atoms with Gasteiger partial charge in [-0.15, -0.1) is 11.3 Å². The van der Waals surface area contributed by atoms with Gasteiger partial charge in [0.25, 0.3) is 5.91 Å². The number of nitrogens with one attached hydrogen (secondary N) is 1. The number of anilines is 1. The van der Waals surface area contributed by atoms with E-state index in [2.05, 4.69) is 4.72 Å². The molecule has 1 N–H and O–H groups in total. The molecule has 0 saturated carbocycles. The summed E-state index contributed by atoms with van der Waals surface area (Å²) in [5.74, 6) is -1.29. The average Bonchev–Trinajstić information content (AvgIpc) is 3.25. The molecule has 1 aromatic carbocycles. The molecule has 1 amide bonds. The van der Waals surface area contributed by atoms with E-state index >= 15 is 0 Å². The first-order valence-electron chi connectivity index (χ1n) is 9.30. The highest BCUT2D eigenvalue weighted by molar-refractivity contribution is 7.89. The first-order chi connectivity index (χ1) is 14.1. The summed E-state index contributed by atoms with van der Waals surface area (Å²) < 4.78 is 42.4. The lowest BCUT2D eigenvalue weighted by molar-refractivity contribution is -0.114. The second-order valence-electron chi connectivity index (χ2n) is 7.26. The van der Waals surface area contributed by atoms with Crippen molar-refractivity contribution in [2.45, 2.75) is 19.4 Å². The minimum absolute atomic E-state index is 0.0153. The maximum atomic E-state index is 14.7. The van der Waals surface area contributed by atoms with Crippen molar-refractivity contribution in [3.05, 3.63) is 62.7 Å². The van der Waals surface area contributed by atoms with Gasteiger partial charge in [0.05, 0.1) is 15.8 Å². The number of carbonyl (C=O) groups is 1. The van der Waals surface area contributed by atoms with Gasteiger partial charge in [0.2, 0.25) is 10.0 Å². The number of benzene rings is 1. The Morgan fingerprint density at radius 1 is 1.30 bits per heavy atom. The van der Waals surface area contributed by atoms with Crippen LogP contribution in [0.25, 0.3) is 0 Å². The molecule has 0 fully saturated rings. The topological polar surface area (TPSA) is 69.7 Å². The van der Waals surface area contributed by atoms with E-state index in [1.807, 2.05) is 25.9 Å². The molecule has 0 saturated heterocycles. The summed E-state index contributed by atoms with van der Waals surface area (Å²) in [6.45, 7) is 2.05. The minimum Gasteiger partial charge on any atom is -0.303 e. The van der Waals surface area contributed by atoms with Gasteiger partial charge in [0.15, 0.2) is 0 Å². The van der Waals surface area contributed by atoms with Crippen LogP contribution in [0.1, 0.15) is 23.4 Å². The van der Waals surface area contributed by atoms with Crippen LogP contribution in [0, 0.1) is 5.82 Å². The Hall–Kier alpha value is -1.94. The molecule has 2 aromatic rings. The van der Waals surface area contributed by atoms with Crippen molar-refractivity contribution in [1.82, 2.24) is 9.62 Å². The minimum atomic E-state index is -3.73. The molecular weight excluding hydrogens is 449 g/mol. The Bertz CT molecular complexity index is 1080. The molecular formula is C20H23ClFN3O3S2. The van der Waals surface area contributed by atoms with Gasteiger partial charge in [-0.05, 0) is 63.3 Å². The van der Waals surface area contributed by atoms with Gasteiger partial charge in [-0.3, -0.25) is 9.52 Å². The lowest BCUT2D eigenvalue weighted by atomic mass is 10.1. The summed E-state index contributed by atoms with van der Waals surface area (Å²) in [4.78, 5) is 16.7. The number of rotatable bonds is 8. The fraction of sp³-hybridized carbons (Fsp3) is 0.350. The summed E-state index contributed by atoms with van der Waals surface area (Å²) in [6, 6.07) is 8.22. The zero-order valence-electron chi connectivity index (χ0n) is 16.9. The van der Waals surface area contributed by atoms with Gasteiger partial charge < -0.3 is 9.80 Å². The summed E-state index contributed by atoms with van der Waals surface area (Å²) in [5, 5.41) is 0. The lowest BCUT2D eigenvalue weighted by Gasteiger charge is -2.22. The fourth-order valence-corrected chi connectivity index (χ4v) is 5.34. The van der Waals surface area contributed by atoms with Crippen LogP contribution in [0.15, 0.2) is 42.1 Å². The first kappa shape index (κ1) is 22.7. The van der Waals surface area contributed by atoms with Gasteiger partial charge in [0, 0.05) is 17.5 Å². The monoisotopic (exact) mass is 471 g/mol. The SMILES string of the molecule is CC(c1ccc(N2CC=C(NS(=O)(=O)CCc3ccc(Cl)s3)C2=O)c(F)c1)N(C)C. The van der Waals surface area contributed by atoms with Crippen molar-refractivity contribution in [3.63, 3.8) is 0 Å². The molecule has 1 aliphatic rings. The Kier molecular flexibility index (Phi) is 6.86. The van der Waals surface area contributed by atoms with E-state index in [9.17, 15) is 17.6 Å². The van der Waals surface area contributed by atoms with Crippen LogP contribution in [0.3, 0.4) is 0 Å². The molecule has 1 aromatic heterocycles. The Labute approximate surface area is 185 Å². The highest BCUT2D eigenvalue weighted by atomic mass is 35.5. The van der Waals surface area contributed by atoms with Crippen LogP contribution in [0.5, 0.6) is 0 Å². The van der Waals surface area contributed by atoms with E-state index in [0.29, 0.717) is 4.34 Å². The number of nitrogens with zero attached hydrogens (tertiary/aromatic N) is 2. The predicted octanol–water partition coefficient (Wildman–Crippen LogP) is 3.56. The molecule has 0 aliphatic carbocycles. The van der Waals surface area contributed by atoms with E-state index in [-0.39, 0.29) is 36.1 Å². The molecule has 2 heterocycles. The van der Waals surface area contributed by atoms with Gasteiger partial charge in [-0.1, -0.05) is 17.7 Å². The van der Waals surface area contributed by atoms with E-state index in [1.54, 1.807) is 24.3 Å². The number of halogens is 2. The smallest absolute Gasteiger partial charge is 0.275 e. The molecule has 162 valence electrons. The van der Waals surface area contributed by atoms with Crippen molar-refractivity contribution < 1.29 is 17.6 Å². The highest BCUT2D eigenvalue weighted by Crippen LogP contribution is 2.28. The molecule has 30 heavy (non-hydrogen) atoms. The number of aryl methyl sites for hydroxylation is 1. The molecule has 10 heteroatoms. The average molecular weight is 472 g/mol. The summed E-state index contributed by atoms with van der Waals surface area (Å²) in [7, 11) is 0.0657. The Balaban J connectivity index is 1.66. The van der Waals surface area contributed by atoms with Crippen LogP contribution in [0.4, 0.5) is 10.1 Å². The maximum Gasteiger partial charge on any atom is 0.275 e. The van der Waals surface area contributed by atoms with Gasteiger partial charge in [-0.2, -0.15) is 0 Å². The van der Waals surface area contributed by atoms with Crippen molar-refractivity contribution >= 4 is 44.6 Å². The van der Waals surface area contributed by atoms with E-state index in [0.717, 1.165) is 10.4 Å². The molecule has 3 rings (SSSR count). The predicted molar refractivity (Wildman–Crippen MR) is 119 cm³/mol. The van der Waals surface area contributed by atoms with Crippen LogP contribution < -0.4 is 9.62 Å². The van der Waals surface area contributed by atoms with Crippen LogP contribution in [-0.2, 0) is 21.2 Å². The molecule has 0 bridgehead atoms. The third-order valence-electron chi connectivity index (χ3n) is 4.98. The molecule has 1 atom stereocenters. The third kappa shape index (κ3) is 5.21. The molecule has 1 unspecified atom stereocenters. The zero-order chi connectivity index (χ0) is 22.1. The number of thiophene rings is 1. The highest BCUT2D eigenvalue weighted by Gasteiger charge is 2.30. The largest absolute Gasteiger partial charge is 0.303 e. The Morgan fingerprint density at radius 3 is 2.63 bits per heavy atom. The van der Waals surface area contributed by atoms with Crippen LogP contribution >= 0.6 is 22.9 Å². The number of hydrogen-bond donors (Lipinski definition) is 1. The van der Waals surface area contributed by atoms with Crippen molar-refractivity contribution in [2.24, 2.45) is 0 Å². The van der Waals surface area contributed by atoms with Gasteiger partial charge in [-0.25, -0.2) is 12.8 Å². The summed E-state index contributed by atoms with van der Waals surface area (Å²) in [5.41, 5.74) is 0.841.